The van der Waals surface area contributed by atoms with Crippen molar-refractivity contribution in [3.05, 3.63) is 34.1 Å². The maximum atomic E-state index is 13.4. The number of nitrogens with one attached hydrogen (secondary N) is 2. The van der Waals surface area contributed by atoms with Crippen LogP contribution in [0, 0.1) is 12.7 Å². The smallest absolute Gasteiger partial charge is 0.252 e. The van der Waals surface area contributed by atoms with Gasteiger partial charge >= 0.3 is 0 Å². The molecule has 0 aliphatic carbocycles. The molecule has 1 amide bonds. The van der Waals surface area contributed by atoms with E-state index in [4.69, 9.17) is 11.6 Å². The molecular weight excluding hydrogens is 255 g/mol. The summed E-state index contributed by atoms with van der Waals surface area (Å²) >= 11 is 5.94. The van der Waals surface area contributed by atoms with Crippen LogP contribution in [0.3, 0.4) is 0 Å². The molecule has 1 aromatic carbocycles. The molecule has 18 heavy (non-hydrogen) atoms. The fourth-order valence-electron chi connectivity index (χ4n) is 1.31. The number of carbonyl (C=O) groups excluding carboxylic acids is 1. The van der Waals surface area contributed by atoms with E-state index >= 15 is 0 Å². The van der Waals surface area contributed by atoms with Gasteiger partial charge in [0.2, 0.25) is 0 Å². The van der Waals surface area contributed by atoms with Crippen LogP contribution in [0.15, 0.2) is 12.1 Å². The zero-order valence-electron chi connectivity index (χ0n) is 11.0. The number of rotatable bonds is 4. The van der Waals surface area contributed by atoms with Crippen molar-refractivity contribution in [1.82, 2.24) is 10.6 Å². The van der Waals surface area contributed by atoms with Crippen molar-refractivity contribution < 1.29 is 9.18 Å². The molecule has 1 aromatic rings. The van der Waals surface area contributed by atoms with E-state index < -0.39 is 5.82 Å². The Kier molecular flexibility index (Phi) is 4.71. The normalized spacial score (nSPS) is 11.4. The molecular formula is C13H18ClFN2O. The number of halogens is 2. The molecule has 2 N–H and O–H groups in total. The Hall–Kier alpha value is -1.13. The standard InChI is InChI=1S/C13H18ClFN2O/c1-8-5-10(14)9(6-11(8)15)12(18)17-7-13(2,3)16-4/h5-6,16H,7H2,1-4H3,(H,17,18). The monoisotopic (exact) mass is 272 g/mol. The molecule has 0 aromatic heterocycles. The van der Waals surface area contributed by atoms with Gasteiger partial charge in [-0.3, -0.25) is 4.79 Å². The van der Waals surface area contributed by atoms with E-state index in [0.29, 0.717) is 12.1 Å². The Morgan fingerprint density at radius 1 is 1.44 bits per heavy atom. The van der Waals surface area contributed by atoms with Gasteiger partial charge in [-0.2, -0.15) is 0 Å². The van der Waals surface area contributed by atoms with Gasteiger partial charge in [0.25, 0.3) is 5.91 Å². The highest BCUT2D eigenvalue weighted by Gasteiger charge is 2.18. The molecule has 0 aliphatic rings. The first-order valence-electron chi connectivity index (χ1n) is 5.69. The lowest BCUT2D eigenvalue weighted by Gasteiger charge is -2.24. The summed E-state index contributed by atoms with van der Waals surface area (Å²) in [4.78, 5) is 11.9. The lowest BCUT2D eigenvalue weighted by atomic mass is 10.1. The highest BCUT2D eigenvalue weighted by atomic mass is 35.5. The van der Waals surface area contributed by atoms with Gasteiger partial charge in [0.1, 0.15) is 5.82 Å². The molecule has 0 bridgehead atoms. The summed E-state index contributed by atoms with van der Waals surface area (Å²) in [5.74, 6) is -0.806. The molecule has 0 saturated heterocycles. The molecule has 5 heteroatoms. The number of hydrogen-bond acceptors (Lipinski definition) is 2. The van der Waals surface area contributed by atoms with Crippen molar-refractivity contribution in [2.24, 2.45) is 0 Å². The minimum absolute atomic E-state index is 0.159. The molecule has 0 unspecified atom stereocenters. The largest absolute Gasteiger partial charge is 0.350 e. The fourth-order valence-corrected chi connectivity index (χ4v) is 1.61. The number of hydrogen-bond donors (Lipinski definition) is 2. The summed E-state index contributed by atoms with van der Waals surface area (Å²) < 4.78 is 13.4. The van der Waals surface area contributed by atoms with Crippen LogP contribution < -0.4 is 10.6 Å². The average Bonchev–Trinajstić information content (AvgIpc) is 2.31. The molecule has 0 fully saturated rings. The predicted molar refractivity (Wildman–Crippen MR) is 71.6 cm³/mol. The molecule has 0 atom stereocenters. The minimum atomic E-state index is -0.433. The van der Waals surface area contributed by atoms with Crippen LogP contribution in [0.2, 0.25) is 5.02 Å². The first-order chi connectivity index (χ1) is 8.26. The van der Waals surface area contributed by atoms with Crippen LogP contribution in [0.1, 0.15) is 29.8 Å². The zero-order valence-corrected chi connectivity index (χ0v) is 11.8. The van der Waals surface area contributed by atoms with Gasteiger partial charge in [-0.1, -0.05) is 11.6 Å². The van der Waals surface area contributed by atoms with E-state index in [1.807, 2.05) is 20.9 Å². The first-order valence-corrected chi connectivity index (χ1v) is 6.07. The molecule has 0 heterocycles. The van der Waals surface area contributed by atoms with Crippen LogP contribution >= 0.6 is 11.6 Å². The first kappa shape index (κ1) is 14.9. The Labute approximate surface area is 112 Å². The van der Waals surface area contributed by atoms with Crippen molar-refractivity contribution >= 4 is 17.5 Å². The Bertz CT molecular complexity index is 461. The predicted octanol–water partition coefficient (Wildman–Crippen LogP) is 2.52. The number of likely N-dealkylation sites (N-methyl/N-ethyl adjacent to an activating group) is 1. The molecule has 0 spiro atoms. The summed E-state index contributed by atoms with van der Waals surface area (Å²) in [5, 5.41) is 6.04. The molecule has 100 valence electrons. The van der Waals surface area contributed by atoms with Gasteiger partial charge in [0.15, 0.2) is 0 Å². The van der Waals surface area contributed by atoms with E-state index in [2.05, 4.69) is 10.6 Å². The van der Waals surface area contributed by atoms with E-state index in [9.17, 15) is 9.18 Å². The third kappa shape index (κ3) is 3.68. The number of aryl methyl sites for hydroxylation is 1. The van der Waals surface area contributed by atoms with E-state index in [-0.39, 0.29) is 22.0 Å². The van der Waals surface area contributed by atoms with E-state index in [1.165, 1.54) is 12.1 Å². The quantitative estimate of drug-likeness (QED) is 0.884. The Morgan fingerprint density at radius 2 is 2.06 bits per heavy atom. The summed E-state index contributed by atoms with van der Waals surface area (Å²) in [5.41, 5.74) is 0.351. The average molecular weight is 273 g/mol. The third-order valence-electron chi connectivity index (χ3n) is 2.86. The van der Waals surface area contributed by atoms with E-state index in [0.717, 1.165) is 0 Å². The maximum Gasteiger partial charge on any atom is 0.252 e. The van der Waals surface area contributed by atoms with Crippen LogP contribution in [0.25, 0.3) is 0 Å². The van der Waals surface area contributed by atoms with Crippen LogP contribution in [0.5, 0.6) is 0 Å². The number of benzene rings is 1. The molecule has 0 saturated carbocycles. The van der Waals surface area contributed by atoms with Crippen molar-refractivity contribution in [1.29, 1.82) is 0 Å². The Balaban J connectivity index is 2.82. The summed E-state index contributed by atoms with van der Waals surface area (Å²) in [7, 11) is 1.81. The van der Waals surface area contributed by atoms with Gasteiger partial charge in [0, 0.05) is 12.1 Å². The van der Waals surface area contributed by atoms with Crippen molar-refractivity contribution in [3.8, 4) is 0 Å². The molecule has 0 radical (unpaired) electrons. The van der Waals surface area contributed by atoms with E-state index in [1.54, 1.807) is 6.92 Å². The Morgan fingerprint density at radius 3 is 2.61 bits per heavy atom. The molecule has 0 aliphatic heterocycles. The maximum absolute atomic E-state index is 13.4. The van der Waals surface area contributed by atoms with Crippen LogP contribution in [-0.4, -0.2) is 25.0 Å². The molecule has 3 nitrogen and oxygen atoms in total. The minimum Gasteiger partial charge on any atom is -0.350 e. The second kappa shape index (κ2) is 5.67. The summed E-state index contributed by atoms with van der Waals surface area (Å²) in [6, 6.07) is 2.62. The summed E-state index contributed by atoms with van der Waals surface area (Å²) in [6.45, 7) is 5.93. The molecule has 1 rings (SSSR count). The van der Waals surface area contributed by atoms with Crippen LogP contribution in [0.4, 0.5) is 4.39 Å². The van der Waals surface area contributed by atoms with Crippen LogP contribution in [-0.2, 0) is 0 Å². The highest BCUT2D eigenvalue weighted by Crippen LogP contribution is 2.20. The van der Waals surface area contributed by atoms with Gasteiger partial charge < -0.3 is 10.6 Å². The second-order valence-corrected chi connectivity index (χ2v) is 5.30. The van der Waals surface area contributed by atoms with Crippen molar-refractivity contribution in [2.75, 3.05) is 13.6 Å². The fraction of sp³-hybridized carbons (Fsp3) is 0.462. The number of carbonyl (C=O) groups is 1. The lowest BCUT2D eigenvalue weighted by Crippen LogP contribution is -2.47. The van der Waals surface area contributed by atoms with Gasteiger partial charge in [-0.05, 0) is 45.5 Å². The topological polar surface area (TPSA) is 41.1 Å². The third-order valence-corrected chi connectivity index (χ3v) is 3.17. The summed E-state index contributed by atoms with van der Waals surface area (Å²) in [6.07, 6.45) is 0. The SMILES string of the molecule is CNC(C)(C)CNC(=O)c1cc(F)c(C)cc1Cl. The van der Waals surface area contributed by atoms with Crippen molar-refractivity contribution in [2.45, 2.75) is 26.3 Å². The van der Waals surface area contributed by atoms with Gasteiger partial charge in [-0.25, -0.2) is 4.39 Å². The second-order valence-electron chi connectivity index (χ2n) is 4.90. The highest BCUT2D eigenvalue weighted by molar-refractivity contribution is 6.33. The lowest BCUT2D eigenvalue weighted by molar-refractivity contribution is 0.0943. The van der Waals surface area contributed by atoms with Gasteiger partial charge in [-0.15, -0.1) is 0 Å². The number of amides is 1. The van der Waals surface area contributed by atoms with Gasteiger partial charge in [0.05, 0.1) is 10.6 Å². The zero-order chi connectivity index (χ0) is 13.9. The van der Waals surface area contributed by atoms with Crippen molar-refractivity contribution in [3.63, 3.8) is 0 Å².